The van der Waals surface area contributed by atoms with Crippen LogP contribution in [0.1, 0.15) is 19.3 Å². The number of rotatable bonds is 7. The molecule has 3 rings (SSSR count). The van der Waals surface area contributed by atoms with Crippen molar-refractivity contribution in [2.24, 2.45) is 0 Å². The predicted molar refractivity (Wildman–Crippen MR) is 111 cm³/mol. The molecule has 0 spiro atoms. The largest absolute Gasteiger partial charge is 0.474 e. The van der Waals surface area contributed by atoms with Crippen LogP contribution in [-0.4, -0.2) is 73.8 Å². The topological polar surface area (TPSA) is 71.1 Å². The lowest BCUT2D eigenvalue weighted by atomic mass is 10.0. The lowest BCUT2D eigenvalue weighted by Gasteiger charge is -2.42. The van der Waals surface area contributed by atoms with Crippen LogP contribution in [0.15, 0.2) is 30.3 Å². The van der Waals surface area contributed by atoms with Crippen LogP contribution in [0.2, 0.25) is 0 Å². The standard InChI is InChI=1S/C19H27N3O4.2ClH/c23-15-25-19(24)14-18(26-17-4-2-1-3-5-17)22-12-10-21(11-13-22)16-6-8-20-9-7-16;;/h1-5,15-16,18,20H,6-14H2;2*1H. The molecule has 1 aromatic rings. The zero-order chi connectivity index (χ0) is 18.2. The summed E-state index contributed by atoms with van der Waals surface area (Å²) in [5, 5.41) is 3.40. The normalized spacial score (nSPS) is 19.6. The molecule has 0 amide bonds. The Morgan fingerprint density at radius 3 is 2.36 bits per heavy atom. The van der Waals surface area contributed by atoms with Crippen LogP contribution in [0.4, 0.5) is 0 Å². The molecule has 7 nitrogen and oxygen atoms in total. The van der Waals surface area contributed by atoms with Gasteiger partial charge in [0.2, 0.25) is 0 Å². The molecule has 2 aliphatic heterocycles. The Balaban J connectivity index is 0.00000196. The average Bonchev–Trinajstić information content (AvgIpc) is 2.69. The van der Waals surface area contributed by atoms with E-state index in [0.29, 0.717) is 11.8 Å². The van der Waals surface area contributed by atoms with Crippen LogP contribution in [0.5, 0.6) is 5.75 Å². The van der Waals surface area contributed by atoms with Crippen molar-refractivity contribution in [2.45, 2.75) is 31.5 Å². The number of ether oxygens (including phenoxy) is 2. The molecule has 0 aromatic heterocycles. The van der Waals surface area contributed by atoms with E-state index < -0.39 is 12.2 Å². The molecule has 2 fully saturated rings. The highest BCUT2D eigenvalue weighted by molar-refractivity contribution is 5.85. The van der Waals surface area contributed by atoms with Crippen molar-refractivity contribution in [1.82, 2.24) is 15.1 Å². The number of nitrogens with zero attached hydrogens (tertiary/aromatic N) is 2. The Morgan fingerprint density at radius 1 is 1.11 bits per heavy atom. The molecule has 0 saturated carbocycles. The number of esters is 1. The molecular weight excluding hydrogens is 405 g/mol. The molecule has 158 valence electrons. The van der Waals surface area contributed by atoms with E-state index in [1.165, 1.54) is 12.8 Å². The van der Waals surface area contributed by atoms with Crippen LogP contribution in [0, 0.1) is 0 Å². The zero-order valence-corrected chi connectivity index (χ0v) is 17.5. The summed E-state index contributed by atoms with van der Waals surface area (Å²) in [5.41, 5.74) is 0. The van der Waals surface area contributed by atoms with Gasteiger partial charge in [-0.25, -0.2) is 0 Å². The fraction of sp³-hybridized carbons (Fsp3) is 0.579. The molecule has 0 radical (unpaired) electrons. The first-order valence-corrected chi connectivity index (χ1v) is 9.30. The number of piperazine rings is 1. The van der Waals surface area contributed by atoms with Crippen LogP contribution in [0.25, 0.3) is 0 Å². The second-order valence-electron chi connectivity index (χ2n) is 6.73. The molecule has 9 heteroatoms. The minimum atomic E-state index is -0.568. The first kappa shape index (κ1) is 24.7. The Labute approximate surface area is 178 Å². The van der Waals surface area contributed by atoms with Gasteiger partial charge in [-0.05, 0) is 38.1 Å². The van der Waals surface area contributed by atoms with Gasteiger partial charge in [-0.3, -0.25) is 19.4 Å². The third-order valence-electron chi connectivity index (χ3n) is 5.12. The van der Waals surface area contributed by atoms with Crippen LogP contribution in [-0.2, 0) is 14.3 Å². The summed E-state index contributed by atoms with van der Waals surface area (Å²) in [7, 11) is 0. The lowest BCUT2D eigenvalue weighted by Crippen LogP contribution is -2.56. The Morgan fingerprint density at radius 2 is 1.75 bits per heavy atom. The number of benzene rings is 1. The third kappa shape index (κ3) is 7.22. The van der Waals surface area contributed by atoms with E-state index in [2.05, 4.69) is 19.9 Å². The summed E-state index contributed by atoms with van der Waals surface area (Å²) in [6, 6.07) is 10.1. The monoisotopic (exact) mass is 433 g/mol. The van der Waals surface area contributed by atoms with Gasteiger partial charge in [0, 0.05) is 32.2 Å². The molecule has 2 saturated heterocycles. The Bertz CT molecular complexity index is 580. The van der Waals surface area contributed by atoms with E-state index in [0.717, 1.165) is 39.3 Å². The number of nitrogens with one attached hydrogen (secondary N) is 1. The van der Waals surface area contributed by atoms with Gasteiger partial charge in [0.15, 0.2) is 6.23 Å². The smallest absolute Gasteiger partial charge is 0.318 e. The van der Waals surface area contributed by atoms with Crippen LogP contribution >= 0.6 is 24.8 Å². The summed E-state index contributed by atoms with van der Waals surface area (Å²) < 4.78 is 10.5. The van der Waals surface area contributed by atoms with Gasteiger partial charge >= 0.3 is 12.4 Å². The fourth-order valence-corrected chi connectivity index (χ4v) is 3.71. The summed E-state index contributed by atoms with van der Waals surface area (Å²) in [4.78, 5) is 27.0. The van der Waals surface area contributed by atoms with Crippen molar-refractivity contribution >= 4 is 37.3 Å². The molecule has 1 unspecified atom stereocenters. The summed E-state index contributed by atoms with van der Waals surface area (Å²) >= 11 is 0. The van der Waals surface area contributed by atoms with E-state index in [9.17, 15) is 9.59 Å². The van der Waals surface area contributed by atoms with Crippen molar-refractivity contribution < 1.29 is 19.1 Å². The van der Waals surface area contributed by atoms with E-state index >= 15 is 0 Å². The highest BCUT2D eigenvalue weighted by atomic mass is 35.5. The third-order valence-corrected chi connectivity index (χ3v) is 5.12. The van der Waals surface area contributed by atoms with E-state index in [1.54, 1.807) is 0 Å². The molecule has 1 atom stereocenters. The van der Waals surface area contributed by atoms with Gasteiger partial charge in [-0.15, -0.1) is 24.8 Å². The van der Waals surface area contributed by atoms with E-state index in [-0.39, 0.29) is 37.7 Å². The molecule has 2 aliphatic rings. The number of carbonyl (C=O) groups is 2. The van der Waals surface area contributed by atoms with Gasteiger partial charge in [-0.1, -0.05) is 18.2 Å². The molecular formula is C19H29Cl2N3O4. The van der Waals surface area contributed by atoms with Gasteiger partial charge in [0.25, 0.3) is 0 Å². The van der Waals surface area contributed by atoms with Gasteiger partial charge in [0.05, 0.1) is 6.42 Å². The summed E-state index contributed by atoms with van der Waals surface area (Å²) in [6.45, 7) is 5.93. The van der Waals surface area contributed by atoms with Crippen molar-refractivity contribution in [1.29, 1.82) is 0 Å². The lowest BCUT2D eigenvalue weighted by molar-refractivity contribution is -0.155. The van der Waals surface area contributed by atoms with Gasteiger partial charge < -0.3 is 14.8 Å². The van der Waals surface area contributed by atoms with E-state index in [1.807, 2.05) is 30.3 Å². The minimum Gasteiger partial charge on any atom is -0.474 e. The number of hydrogen-bond donors (Lipinski definition) is 1. The summed E-state index contributed by atoms with van der Waals surface area (Å²) in [6.07, 6.45) is 1.98. The van der Waals surface area contributed by atoms with Gasteiger partial charge in [0.1, 0.15) is 5.75 Å². The summed E-state index contributed by atoms with van der Waals surface area (Å²) in [5.74, 6) is 0.138. The highest BCUT2D eigenvalue weighted by Gasteiger charge is 2.30. The average molecular weight is 434 g/mol. The fourth-order valence-electron chi connectivity index (χ4n) is 3.71. The SMILES string of the molecule is Cl.Cl.O=COC(=O)CC(Oc1ccccc1)N1CCN(C2CCNCC2)CC1. The second-order valence-corrected chi connectivity index (χ2v) is 6.73. The molecule has 1 aromatic carbocycles. The van der Waals surface area contributed by atoms with E-state index in [4.69, 9.17) is 4.74 Å². The van der Waals surface area contributed by atoms with Crippen molar-refractivity contribution in [2.75, 3.05) is 39.3 Å². The zero-order valence-electron chi connectivity index (χ0n) is 15.8. The predicted octanol–water partition coefficient (Wildman–Crippen LogP) is 1.69. The number of para-hydroxylation sites is 1. The molecule has 1 N–H and O–H groups in total. The minimum absolute atomic E-state index is 0. The first-order valence-electron chi connectivity index (χ1n) is 9.30. The van der Waals surface area contributed by atoms with Gasteiger partial charge in [-0.2, -0.15) is 0 Å². The Kier molecular flexibility index (Phi) is 11.4. The van der Waals surface area contributed by atoms with Crippen LogP contribution < -0.4 is 10.1 Å². The first-order chi connectivity index (χ1) is 12.8. The number of piperidine rings is 1. The van der Waals surface area contributed by atoms with Crippen molar-refractivity contribution in [3.05, 3.63) is 30.3 Å². The maximum atomic E-state index is 11.8. The Hall–Kier alpha value is -1.38. The number of hydrogen-bond acceptors (Lipinski definition) is 7. The number of carbonyl (C=O) groups excluding carboxylic acids is 2. The number of halogens is 2. The van der Waals surface area contributed by atoms with Crippen LogP contribution in [0.3, 0.4) is 0 Å². The second kappa shape index (κ2) is 13.0. The maximum Gasteiger partial charge on any atom is 0.318 e. The molecule has 28 heavy (non-hydrogen) atoms. The van der Waals surface area contributed by atoms with Crippen molar-refractivity contribution in [3.63, 3.8) is 0 Å². The van der Waals surface area contributed by atoms with Crippen molar-refractivity contribution in [3.8, 4) is 5.75 Å². The maximum absolute atomic E-state index is 11.8. The molecule has 2 heterocycles. The quantitative estimate of drug-likeness (QED) is 0.398. The molecule has 0 aliphatic carbocycles. The highest BCUT2D eigenvalue weighted by Crippen LogP contribution is 2.20. The molecule has 0 bridgehead atoms.